The largest absolute Gasteiger partial charge is 0.490 e. The Morgan fingerprint density at radius 1 is 0.973 bits per heavy atom. The molecule has 1 fully saturated rings. The minimum Gasteiger partial charge on any atom is -0.490 e. The van der Waals surface area contributed by atoms with Gasteiger partial charge in [-0.25, -0.2) is 9.69 Å². The van der Waals surface area contributed by atoms with Crippen molar-refractivity contribution in [3.05, 3.63) is 90.8 Å². The summed E-state index contributed by atoms with van der Waals surface area (Å²) in [5.41, 5.74) is 1.18. The number of amides is 4. The number of halogens is 4. The third kappa shape index (κ3) is 6.10. The van der Waals surface area contributed by atoms with Crippen LogP contribution in [0.15, 0.2) is 64.6 Å². The number of urea groups is 1. The molecular formula is C26H18BrCl3N2O5. The zero-order valence-electron chi connectivity index (χ0n) is 19.2. The smallest absolute Gasteiger partial charge is 0.335 e. The highest BCUT2D eigenvalue weighted by molar-refractivity contribution is 9.10. The van der Waals surface area contributed by atoms with Gasteiger partial charge >= 0.3 is 6.03 Å². The highest BCUT2D eigenvalue weighted by atomic mass is 79.9. The molecule has 1 heterocycles. The Morgan fingerprint density at radius 2 is 1.73 bits per heavy atom. The minimum absolute atomic E-state index is 0.146. The second kappa shape index (κ2) is 11.6. The van der Waals surface area contributed by atoms with Crippen LogP contribution in [-0.4, -0.2) is 24.5 Å². The summed E-state index contributed by atoms with van der Waals surface area (Å²) in [7, 11) is 0. The molecule has 0 radical (unpaired) electrons. The lowest BCUT2D eigenvalue weighted by atomic mass is 10.1. The molecule has 1 aliphatic heterocycles. The first-order valence-electron chi connectivity index (χ1n) is 10.9. The topological polar surface area (TPSA) is 84.9 Å². The molecule has 3 aromatic carbocycles. The summed E-state index contributed by atoms with van der Waals surface area (Å²) in [4.78, 5) is 39.0. The van der Waals surface area contributed by atoms with Gasteiger partial charge in [0.2, 0.25) is 0 Å². The summed E-state index contributed by atoms with van der Waals surface area (Å²) >= 11 is 21.7. The third-order valence-corrected chi connectivity index (χ3v) is 6.61. The van der Waals surface area contributed by atoms with Gasteiger partial charge in [0.1, 0.15) is 12.2 Å². The average molecular weight is 625 g/mol. The molecule has 3 aromatic rings. The Balaban J connectivity index is 1.66. The monoisotopic (exact) mass is 622 g/mol. The molecule has 0 unspecified atom stereocenters. The fourth-order valence-electron chi connectivity index (χ4n) is 3.54. The molecular weight excluding hydrogens is 607 g/mol. The normalized spacial score (nSPS) is 14.7. The number of nitrogens with one attached hydrogen (secondary N) is 1. The molecule has 37 heavy (non-hydrogen) atoms. The van der Waals surface area contributed by atoms with Crippen LogP contribution in [0.1, 0.15) is 18.1 Å². The van der Waals surface area contributed by atoms with Gasteiger partial charge in [-0.1, -0.05) is 46.9 Å². The molecule has 4 amide bonds. The lowest BCUT2D eigenvalue weighted by molar-refractivity contribution is -0.122. The van der Waals surface area contributed by atoms with Crippen molar-refractivity contribution in [1.82, 2.24) is 5.32 Å². The number of imide groups is 2. The van der Waals surface area contributed by atoms with Gasteiger partial charge in [-0.2, -0.15) is 0 Å². The second-order valence-corrected chi connectivity index (χ2v) is 9.86. The molecule has 1 N–H and O–H groups in total. The number of hydrogen-bond donors (Lipinski definition) is 1. The number of benzene rings is 3. The van der Waals surface area contributed by atoms with Gasteiger partial charge in [0.25, 0.3) is 11.8 Å². The van der Waals surface area contributed by atoms with E-state index in [0.717, 1.165) is 10.5 Å². The summed E-state index contributed by atoms with van der Waals surface area (Å²) in [6.07, 6.45) is 1.37. The Morgan fingerprint density at radius 3 is 2.43 bits per heavy atom. The third-order valence-electron chi connectivity index (χ3n) is 5.20. The van der Waals surface area contributed by atoms with Crippen molar-refractivity contribution in [2.24, 2.45) is 0 Å². The Hall–Kier alpha value is -3.04. The predicted molar refractivity (Wildman–Crippen MR) is 147 cm³/mol. The van der Waals surface area contributed by atoms with E-state index in [9.17, 15) is 14.4 Å². The van der Waals surface area contributed by atoms with E-state index in [1.165, 1.54) is 12.1 Å². The highest BCUT2D eigenvalue weighted by Crippen LogP contribution is 2.39. The van der Waals surface area contributed by atoms with Crippen LogP contribution in [-0.2, 0) is 16.2 Å². The van der Waals surface area contributed by atoms with E-state index in [0.29, 0.717) is 43.2 Å². The summed E-state index contributed by atoms with van der Waals surface area (Å²) in [6, 6.07) is 13.7. The van der Waals surface area contributed by atoms with Gasteiger partial charge in [-0.3, -0.25) is 14.9 Å². The van der Waals surface area contributed by atoms with Crippen molar-refractivity contribution < 1.29 is 23.9 Å². The van der Waals surface area contributed by atoms with E-state index in [1.807, 2.05) is 6.92 Å². The molecule has 1 aliphatic rings. The number of hydrogen-bond acceptors (Lipinski definition) is 5. The zero-order valence-corrected chi connectivity index (χ0v) is 23.0. The fraction of sp³-hybridized carbons (Fsp3) is 0.115. The van der Waals surface area contributed by atoms with Crippen LogP contribution >= 0.6 is 50.7 Å². The van der Waals surface area contributed by atoms with Crippen LogP contribution in [0, 0.1) is 0 Å². The average Bonchev–Trinajstić information content (AvgIpc) is 2.82. The predicted octanol–water partition coefficient (Wildman–Crippen LogP) is 7.05. The van der Waals surface area contributed by atoms with Gasteiger partial charge in [-0.05, 0) is 77.0 Å². The van der Waals surface area contributed by atoms with Gasteiger partial charge in [0.05, 0.1) is 16.8 Å². The molecule has 0 bridgehead atoms. The molecule has 0 atom stereocenters. The number of carbonyl (C=O) groups is 3. The van der Waals surface area contributed by atoms with E-state index >= 15 is 0 Å². The van der Waals surface area contributed by atoms with E-state index in [-0.39, 0.29) is 17.9 Å². The molecule has 11 heteroatoms. The van der Waals surface area contributed by atoms with Crippen molar-refractivity contribution in [3.63, 3.8) is 0 Å². The van der Waals surface area contributed by atoms with Crippen molar-refractivity contribution in [1.29, 1.82) is 0 Å². The maximum absolute atomic E-state index is 13.2. The first kappa shape index (κ1) is 27.0. The lowest BCUT2D eigenvalue weighted by Gasteiger charge is -2.26. The van der Waals surface area contributed by atoms with Gasteiger partial charge in [0, 0.05) is 20.6 Å². The molecule has 7 nitrogen and oxygen atoms in total. The Bertz CT molecular complexity index is 1440. The number of carbonyl (C=O) groups excluding carboxylic acids is 3. The van der Waals surface area contributed by atoms with E-state index < -0.39 is 17.8 Å². The van der Waals surface area contributed by atoms with Crippen LogP contribution in [0.4, 0.5) is 10.5 Å². The molecule has 0 aromatic heterocycles. The molecule has 4 rings (SSSR count). The summed E-state index contributed by atoms with van der Waals surface area (Å²) in [5, 5.41) is 3.50. The van der Waals surface area contributed by atoms with Gasteiger partial charge in [0.15, 0.2) is 11.5 Å². The quantitative estimate of drug-likeness (QED) is 0.225. The molecule has 1 saturated heterocycles. The summed E-state index contributed by atoms with van der Waals surface area (Å²) in [6.45, 7) is 2.29. The maximum Gasteiger partial charge on any atom is 0.335 e. The standard InChI is InChI=1S/C26H18BrCl3N2O5/c1-2-36-22-10-14(9-20(27)23(22)37-13-15-6-7-17(29)12-21(15)30)8-19-24(33)31-26(35)32(25(19)34)18-5-3-4-16(28)11-18/h3-12H,2,13H2,1H3,(H,31,33,35)/b19-8+. The van der Waals surface area contributed by atoms with Crippen molar-refractivity contribution in [3.8, 4) is 11.5 Å². The second-order valence-electron chi connectivity index (χ2n) is 7.73. The number of anilines is 1. The van der Waals surface area contributed by atoms with Crippen LogP contribution in [0.2, 0.25) is 15.1 Å². The number of barbiturate groups is 1. The molecule has 0 saturated carbocycles. The minimum atomic E-state index is -0.866. The Labute approximate surface area is 236 Å². The highest BCUT2D eigenvalue weighted by Gasteiger charge is 2.37. The van der Waals surface area contributed by atoms with E-state index in [4.69, 9.17) is 44.3 Å². The van der Waals surface area contributed by atoms with Crippen LogP contribution in [0.3, 0.4) is 0 Å². The Kier molecular flexibility index (Phi) is 8.44. The molecule has 0 aliphatic carbocycles. The van der Waals surface area contributed by atoms with Crippen LogP contribution in [0.25, 0.3) is 6.08 Å². The SMILES string of the molecule is CCOc1cc(/C=C2\C(=O)NC(=O)N(c3cccc(Cl)c3)C2=O)cc(Br)c1OCc1ccc(Cl)cc1Cl. The molecule has 0 spiro atoms. The number of ether oxygens (including phenoxy) is 2. The van der Waals surface area contributed by atoms with E-state index in [1.54, 1.807) is 48.5 Å². The van der Waals surface area contributed by atoms with Gasteiger partial charge < -0.3 is 9.47 Å². The summed E-state index contributed by atoms with van der Waals surface area (Å²) in [5.74, 6) is -0.826. The van der Waals surface area contributed by atoms with Crippen LogP contribution in [0.5, 0.6) is 11.5 Å². The van der Waals surface area contributed by atoms with Crippen molar-refractivity contribution >= 4 is 80.3 Å². The maximum atomic E-state index is 13.2. The number of rotatable bonds is 7. The zero-order chi connectivity index (χ0) is 26.7. The van der Waals surface area contributed by atoms with E-state index in [2.05, 4.69) is 21.2 Å². The fourth-order valence-corrected chi connectivity index (χ4v) is 4.76. The summed E-state index contributed by atoms with van der Waals surface area (Å²) < 4.78 is 12.3. The number of nitrogens with zero attached hydrogens (tertiary/aromatic N) is 1. The van der Waals surface area contributed by atoms with Crippen molar-refractivity contribution in [2.75, 3.05) is 11.5 Å². The van der Waals surface area contributed by atoms with Crippen LogP contribution < -0.4 is 19.7 Å². The van der Waals surface area contributed by atoms with Gasteiger partial charge in [-0.15, -0.1) is 0 Å². The lowest BCUT2D eigenvalue weighted by Crippen LogP contribution is -2.54. The first-order chi connectivity index (χ1) is 17.7. The molecule has 190 valence electrons. The van der Waals surface area contributed by atoms with Crippen molar-refractivity contribution in [2.45, 2.75) is 13.5 Å². The first-order valence-corrected chi connectivity index (χ1v) is 12.8.